The summed E-state index contributed by atoms with van der Waals surface area (Å²) in [5, 5.41) is 0. The summed E-state index contributed by atoms with van der Waals surface area (Å²) in [5.41, 5.74) is 21.8. The molecule has 6 aromatic carbocycles. The Morgan fingerprint density at radius 3 is 1.19 bits per heavy atom. The molecule has 0 bridgehead atoms. The average Bonchev–Trinajstić information content (AvgIpc) is 3.74. The zero-order valence-electron chi connectivity index (χ0n) is 46.4. The molecule has 75 heavy (non-hydrogen) atoms. The summed E-state index contributed by atoms with van der Waals surface area (Å²) < 4.78 is 0. The van der Waals surface area contributed by atoms with Gasteiger partial charge in [-0.2, -0.15) is 0 Å². The molecule has 392 valence electrons. The molecule has 0 aromatic heterocycles. The molecular formula is C74H91N. The maximum atomic E-state index is 2.83. The fourth-order valence-electron chi connectivity index (χ4n) is 16.3. The van der Waals surface area contributed by atoms with Gasteiger partial charge < -0.3 is 4.90 Å². The molecule has 6 aliphatic rings. The lowest BCUT2D eigenvalue weighted by Gasteiger charge is -2.32. The number of benzene rings is 6. The SMILES string of the molecule is CC1(c2ccc(C3CCCCC3)cc2)c2ccccc2-c2ccc(N(c3ccc(-c4c(C5CCCCCCC5)cc(C5CCCCCCC5)cc4C4CCCCCCC4)cc3)c3ccc(C4CCCCC4)cc3)cc21. The van der Waals surface area contributed by atoms with E-state index in [9.17, 15) is 0 Å². The van der Waals surface area contributed by atoms with Crippen molar-refractivity contribution in [3.05, 3.63) is 172 Å². The summed E-state index contributed by atoms with van der Waals surface area (Å²) in [4.78, 5) is 2.60. The van der Waals surface area contributed by atoms with Gasteiger partial charge in [0.25, 0.3) is 0 Å². The normalized spacial score (nSPS) is 22.2. The van der Waals surface area contributed by atoms with E-state index in [0.29, 0.717) is 29.6 Å². The van der Waals surface area contributed by atoms with Crippen LogP contribution in [0.4, 0.5) is 17.1 Å². The van der Waals surface area contributed by atoms with Crippen LogP contribution in [0.15, 0.2) is 127 Å². The van der Waals surface area contributed by atoms with Gasteiger partial charge in [-0.3, -0.25) is 0 Å². The molecule has 1 heteroatoms. The second-order valence-electron chi connectivity index (χ2n) is 25.4. The van der Waals surface area contributed by atoms with Gasteiger partial charge in [0.2, 0.25) is 0 Å². The number of anilines is 3. The smallest absolute Gasteiger partial charge is 0.0465 e. The summed E-state index contributed by atoms with van der Waals surface area (Å²) in [6.45, 7) is 2.51. The van der Waals surface area contributed by atoms with E-state index in [2.05, 4.69) is 139 Å². The largest absolute Gasteiger partial charge is 0.310 e. The second kappa shape index (κ2) is 23.8. The molecular weight excluding hydrogens is 903 g/mol. The highest BCUT2D eigenvalue weighted by Crippen LogP contribution is 2.55. The van der Waals surface area contributed by atoms with Crippen molar-refractivity contribution in [2.75, 3.05) is 4.90 Å². The van der Waals surface area contributed by atoms with Crippen molar-refractivity contribution < 1.29 is 0 Å². The summed E-state index contributed by atoms with van der Waals surface area (Å²) in [7, 11) is 0. The second-order valence-corrected chi connectivity index (χ2v) is 25.4. The van der Waals surface area contributed by atoms with Crippen molar-refractivity contribution in [3.8, 4) is 22.3 Å². The number of nitrogens with zero attached hydrogens (tertiary/aromatic N) is 1. The molecule has 0 amide bonds. The van der Waals surface area contributed by atoms with E-state index >= 15 is 0 Å². The molecule has 6 aliphatic carbocycles. The molecule has 1 atom stereocenters. The van der Waals surface area contributed by atoms with Crippen molar-refractivity contribution in [2.45, 2.75) is 241 Å². The molecule has 0 heterocycles. The molecule has 0 N–H and O–H groups in total. The predicted molar refractivity (Wildman–Crippen MR) is 321 cm³/mol. The van der Waals surface area contributed by atoms with Crippen LogP contribution in [0.5, 0.6) is 0 Å². The molecule has 1 unspecified atom stereocenters. The van der Waals surface area contributed by atoms with Gasteiger partial charge in [-0.1, -0.05) is 226 Å². The maximum absolute atomic E-state index is 2.83. The Balaban J connectivity index is 0.978. The molecule has 5 saturated carbocycles. The average molecular weight is 995 g/mol. The van der Waals surface area contributed by atoms with Crippen LogP contribution in [-0.4, -0.2) is 0 Å². The van der Waals surface area contributed by atoms with Crippen LogP contribution in [0.3, 0.4) is 0 Å². The first kappa shape index (κ1) is 50.9. The van der Waals surface area contributed by atoms with Crippen LogP contribution in [0.2, 0.25) is 0 Å². The van der Waals surface area contributed by atoms with Gasteiger partial charge in [-0.05, 0) is 204 Å². The van der Waals surface area contributed by atoms with Crippen molar-refractivity contribution in [1.29, 1.82) is 0 Å². The summed E-state index contributed by atoms with van der Waals surface area (Å²) in [6.07, 6.45) is 42.7. The Kier molecular flexibility index (Phi) is 16.1. The van der Waals surface area contributed by atoms with Crippen molar-refractivity contribution in [3.63, 3.8) is 0 Å². The number of hydrogen-bond donors (Lipinski definition) is 0. The van der Waals surface area contributed by atoms with E-state index in [4.69, 9.17) is 0 Å². The third-order valence-electron chi connectivity index (χ3n) is 20.7. The quantitative estimate of drug-likeness (QED) is 0.132. The Morgan fingerprint density at radius 2 is 0.693 bits per heavy atom. The molecule has 0 spiro atoms. The Bertz CT molecular complexity index is 2730. The minimum atomic E-state index is -0.267. The topological polar surface area (TPSA) is 3.24 Å². The van der Waals surface area contributed by atoms with Gasteiger partial charge in [0.1, 0.15) is 0 Å². The summed E-state index contributed by atoms with van der Waals surface area (Å²) in [5.74, 6) is 3.39. The zero-order chi connectivity index (χ0) is 50.4. The van der Waals surface area contributed by atoms with E-state index in [1.165, 1.54) is 261 Å². The Hall–Kier alpha value is -4.88. The molecule has 5 fully saturated rings. The van der Waals surface area contributed by atoms with Gasteiger partial charge in [0.15, 0.2) is 0 Å². The molecule has 0 saturated heterocycles. The monoisotopic (exact) mass is 994 g/mol. The van der Waals surface area contributed by atoms with Crippen LogP contribution >= 0.6 is 0 Å². The first-order valence-corrected chi connectivity index (χ1v) is 31.6. The number of rotatable bonds is 10. The first-order chi connectivity index (χ1) is 37.1. The molecule has 1 nitrogen and oxygen atoms in total. The van der Waals surface area contributed by atoms with E-state index in [1.807, 2.05) is 0 Å². The van der Waals surface area contributed by atoms with Crippen LogP contribution < -0.4 is 4.90 Å². The van der Waals surface area contributed by atoms with Crippen LogP contribution in [-0.2, 0) is 5.41 Å². The van der Waals surface area contributed by atoms with Crippen molar-refractivity contribution >= 4 is 17.1 Å². The minimum absolute atomic E-state index is 0.267. The maximum Gasteiger partial charge on any atom is 0.0465 e. The van der Waals surface area contributed by atoms with Gasteiger partial charge >= 0.3 is 0 Å². The molecule has 12 rings (SSSR count). The summed E-state index contributed by atoms with van der Waals surface area (Å²) >= 11 is 0. The highest BCUT2D eigenvalue weighted by atomic mass is 15.1. The van der Waals surface area contributed by atoms with Gasteiger partial charge in [0, 0.05) is 22.5 Å². The van der Waals surface area contributed by atoms with E-state index in [1.54, 1.807) is 22.3 Å². The molecule has 0 radical (unpaired) electrons. The number of fused-ring (bicyclic) bond motifs is 3. The molecule has 0 aliphatic heterocycles. The highest BCUT2D eigenvalue weighted by molar-refractivity contribution is 5.88. The summed E-state index contributed by atoms with van der Waals surface area (Å²) in [6, 6.07) is 52.4. The Labute approximate surface area is 454 Å². The van der Waals surface area contributed by atoms with Gasteiger partial charge in [0.05, 0.1) is 0 Å². The number of hydrogen-bond acceptors (Lipinski definition) is 1. The molecule has 6 aromatic rings. The van der Waals surface area contributed by atoms with E-state index in [0.717, 1.165) is 0 Å². The third-order valence-corrected chi connectivity index (χ3v) is 20.7. The van der Waals surface area contributed by atoms with Crippen molar-refractivity contribution in [1.82, 2.24) is 0 Å². The minimum Gasteiger partial charge on any atom is -0.310 e. The fraction of sp³-hybridized carbons (Fsp3) is 0.514. The standard InChI is InChI=1S/C74H91N/c1-74(63-43-37-57(38-44-63)54-25-19-11-20-26-54)71-36-24-23-35-67(71)68-50-49-66(53-72(68)74)75(64-45-39-58(40-46-64)55-27-21-12-22-28-55)65-47-41-61(42-48-65)73-69(59-31-15-7-3-8-16-32-59)51-62(56-29-13-5-2-6-14-30-56)52-70(73)60-33-17-9-4-10-18-34-60/h23-24,35-56,59-60H,2-22,25-34H2,1H3. The predicted octanol–water partition coefficient (Wildman–Crippen LogP) is 22.7. The van der Waals surface area contributed by atoms with Gasteiger partial charge in [-0.25, -0.2) is 0 Å². The van der Waals surface area contributed by atoms with E-state index in [-0.39, 0.29) is 5.41 Å². The Morgan fingerprint density at radius 1 is 0.320 bits per heavy atom. The van der Waals surface area contributed by atoms with Crippen LogP contribution in [0.1, 0.15) is 280 Å². The third kappa shape index (κ3) is 10.9. The van der Waals surface area contributed by atoms with Crippen LogP contribution in [0, 0.1) is 0 Å². The zero-order valence-corrected chi connectivity index (χ0v) is 46.4. The van der Waals surface area contributed by atoms with Crippen molar-refractivity contribution in [2.24, 2.45) is 0 Å². The lowest BCUT2D eigenvalue weighted by atomic mass is 9.73. The highest BCUT2D eigenvalue weighted by Gasteiger charge is 2.41. The van der Waals surface area contributed by atoms with Gasteiger partial charge in [-0.15, -0.1) is 0 Å². The lowest BCUT2D eigenvalue weighted by Crippen LogP contribution is -2.23. The fourth-order valence-corrected chi connectivity index (χ4v) is 16.3. The van der Waals surface area contributed by atoms with Crippen LogP contribution in [0.25, 0.3) is 22.3 Å². The van der Waals surface area contributed by atoms with E-state index < -0.39 is 0 Å². The first-order valence-electron chi connectivity index (χ1n) is 31.6. The lowest BCUT2D eigenvalue weighted by molar-refractivity contribution is 0.442.